The van der Waals surface area contributed by atoms with E-state index in [1.165, 1.54) is 11.1 Å². The van der Waals surface area contributed by atoms with Crippen LogP contribution in [0.3, 0.4) is 0 Å². The highest BCUT2D eigenvalue weighted by Crippen LogP contribution is 2.29. The van der Waals surface area contributed by atoms with E-state index in [9.17, 15) is 5.11 Å². The molecule has 0 amide bonds. The standard InChI is InChI=1S/C18H22O/c1-5-15-7-6-8-16(11-15)18(19)17-13(3)9-12(2)10-14(17)4/h6-11,18-19H,5H2,1-4H3. The predicted molar refractivity (Wildman–Crippen MR) is 80.5 cm³/mol. The molecule has 19 heavy (non-hydrogen) atoms. The summed E-state index contributed by atoms with van der Waals surface area (Å²) in [5, 5.41) is 10.7. The van der Waals surface area contributed by atoms with Gasteiger partial charge in [0.25, 0.3) is 0 Å². The summed E-state index contributed by atoms with van der Waals surface area (Å²) < 4.78 is 0. The lowest BCUT2D eigenvalue weighted by molar-refractivity contribution is 0.218. The minimum absolute atomic E-state index is 0.535. The first-order valence-corrected chi connectivity index (χ1v) is 6.87. The second-order valence-corrected chi connectivity index (χ2v) is 5.31. The fourth-order valence-electron chi connectivity index (χ4n) is 2.77. The van der Waals surface area contributed by atoms with Gasteiger partial charge in [-0.1, -0.05) is 48.9 Å². The first-order chi connectivity index (χ1) is 9.02. The number of hydrogen-bond donors (Lipinski definition) is 1. The molecule has 0 aliphatic heterocycles. The molecule has 1 atom stereocenters. The van der Waals surface area contributed by atoms with Crippen LogP contribution in [0.1, 0.15) is 46.4 Å². The van der Waals surface area contributed by atoms with E-state index in [4.69, 9.17) is 0 Å². The number of hydrogen-bond acceptors (Lipinski definition) is 1. The molecule has 0 radical (unpaired) electrons. The van der Waals surface area contributed by atoms with E-state index in [1.54, 1.807) is 0 Å². The monoisotopic (exact) mass is 254 g/mol. The molecule has 1 N–H and O–H groups in total. The van der Waals surface area contributed by atoms with Crippen molar-refractivity contribution in [3.63, 3.8) is 0 Å². The minimum Gasteiger partial charge on any atom is -0.384 e. The van der Waals surface area contributed by atoms with Crippen LogP contribution in [-0.4, -0.2) is 5.11 Å². The van der Waals surface area contributed by atoms with Crippen molar-refractivity contribution in [1.82, 2.24) is 0 Å². The van der Waals surface area contributed by atoms with Crippen LogP contribution < -0.4 is 0 Å². The lowest BCUT2D eigenvalue weighted by Gasteiger charge is -2.18. The Hall–Kier alpha value is -1.60. The highest BCUT2D eigenvalue weighted by atomic mass is 16.3. The van der Waals surface area contributed by atoms with Crippen LogP contribution in [0, 0.1) is 20.8 Å². The molecule has 0 aliphatic rings. The molecule has 0 saturated carbocycles. The maximum Gasteiger partial charge on any atom is 0.105 e. The van der Waals surface area contributed by atoms with E-state index in [0.29, 0.717) is 0 Å². The van der Waals surface area contributed by atoms with Crippen molar-refractivity contribution in [3.8, 4) is 0 Å². The molecule has 2 rings (SSSR count). The van der Waals surface area contributed by atoms with Crippen molar-refractivity contribution in [2.24, 2.45) is 0 Å². The van der Waals surface area contributed by atoms with Gasteiger partial charge in [0.05, 0.1) is 0 Å². The smallest absolute Gasteiger partial charge is 0.105 e. The summed E-state index contributed by atoms with van der Waals surface area (Å²) in [6.45, 7) is 8.37. The van der Waals surface area contributed by atoms with E-state index >= 15 is 0 Å². The Bertz CT molecular complexity index is 561. The van der Waals surface area contributed by atoms with Gasteiger partial charge in [0, 0.05) is 0 Å². The Balaban J connectivity index is 2.46. The maximum atomic E-state index is 10.7. The summed E-state index contributed by atoms with van der Waals surface area (Å²) in [6.07, 6.45) is 0.457. The van der Waals surface area contributed by atoms with Crippen LogP contribution in [0.4, 0.5) is 0 Å². The topological polar surface area (TPSA) is 20.2 Å². The molecule has 2 aromatic carbocycles. The highest BCUT2D eigenvalue weighted by Gasteiger charge is 2.15. The largest absolute Gasteiger partial charge is 0.384 e. The van der Waals surface area contributed by atoms with Crippen LogP contribution in [0.5, 0.6) is 0 Å². The molecular weight excluding hydrogens is 232 g/mol. The zero-order valence-electron chi connectivity index (χ0n) is 12.2. The summed E-state index contributed by atoms with van der Waals surface area (Å²) in [6, 6.07) is 12.5. The first-order valence-electron chi connectivity index (χ1n) is 6.87. The molecule has 0 bridgehead atoms. The number of aliphatic hydroxyl groups is 1. The second kappa shape index (κ2) is 5.58. The summed E-state index contributed by atoms with van der Waals surface area (Å²) in [7, 11) is 0. The number of benzene rings is 2. The van der Waals surface area contributed by atoms with Gasteiger partial charge in [-0.15, -0.1) is 0 Å². The molecule has 0 fully saturated rings. The van der Waals surface area contributed by atoms with Crippen molar-refractivity contribution in [2.75, 3.05) is 0 Å². The van der Waals surface area contributed by atoms with Crippen molar-refractivity contribution in [1.29, 1.82) is 0 Å². The first kappa shape index (κ1) is 13.8. The number of aliphatic hydroxyl groups excluding tert-OH is 1. The lowest BCUT2D eigenvalue weighted by Crippen LogP contribution is -2.05. The van der Waals surface area contributed by atoms with Gasteiger partial charge in [0.1, 0.15) is 6.10 Å². The Labute approximate surface area is 115 Å². The van der Waals surface area contributed by atoms with E-state index < -0.39 is 6.10 Å². The van der Waals surface area contributed by atoms with Crippen LogP contribution >= 0.6 is 0 Å². The van der Waals surface area contributed by atoms with Gasteiger partial charge in [-0.2, -0.15) is 0 Å². The molecule has 1 heteroatoms. The van der Waals surface area contributed by atoms with Crippen molar-refractivity contribution < 1.29 is 5.11 Å². The molecule has 0 heterocycles. The molecular formula is C18H22O. The van der Waals surface area contributed by atoms with Crippen LogP contribution in [-0.2, 0) is 6.42 Å². The van der Waals surface area contributed by atoms with Crippen LogP contribution in [0.2, 0.25) is 0 Å². The Morgan fingerprint density at radius 1 is 1.00 bits per heavy atom. The van der Waals surface area contributed by atoms with Crippen molar-refractivity contribution >= 4 is 0 Å². The minimum atomic E-state index is -0.535. The zero-order chi connectivity index (χ0) is 14.0. The average Bonchev–Trinajstić information content (AvgIpc) is 2.37. The van der Waals surface area contributed by atoms with Crippen LogP contribution in [0.15, 0.2) is 36.4 Å². The maximum absolute atomic E-state index is 10.7. The molecule has 1 nitrogen and oxygen atoms in total. The van der Waals surface area contributed by atoms with Gasteiger partial charge in [0.15, 0.2) is 0 Å². The molecule has 0 aliphatic carbocycles. The molecule has 100 valence electrons. The fourth-order valence-corrected chi connectivity index (χ4v) is 2.77. The normalized spacial score (nSPS) is 12.5. The predicted octanol–water partition coefficient (Wildman–Crippen LogP) is 4.26. The Morgan fingerprint density at radius 3 is 2.21 bits per heavy atom. The van der Waals surface area contributed by atoms with Crippen molar-refractivity contribution in [2.45, 2.75) is 40.2 Å². The van der Waals surface area contributed by atoms with E-state index in [1.807, 2.05) is 12.1 Å². The third-order valence-corrected chi connectivity index (χ3v) is 3.69. The highest BCUT2D eigenvalue weighted by molar-refractivity contribution is 5.43. The Morgan fingerprint density at radius 2 is 1.63 bits per heavy atom. The SMILES string of the molecule is CCc1cccc(C(O)c2c(C)cc(C)cc2C)c1. The number of aryl methyl sites for hydroxylation is 4. The van der Waals surface area contributed by atoms with Gasteiger partial charge < -0.3 is 5.11 Å². The summed E-state index contributed by atoms with van der Waals surface area (Å²) >= 11 is 0. The molecule has 2 aromatic rings. The van der Waals surface area contributed by atoms with Crippen LogP contribution in [0.25, 0.3) is 0 Å². The third kappa shape index (κ3) is 2.87. The fraction of sp³-hybridized carbons (Fsp3) is 0.333. The summed E-state index contributed by atoms with van der Waals surface area (Å²) in [5.41, 5.74) is 6.85. The average molecular weight is 254 g/mol. The molecule has 0 saturated heterocycles. The van der Waals surface area contributed by atoms with Gasteiger partial charge in [-0.25, -0.2) is 0 Å². The quantitative estimate of drug-likeness (QED) is 0.868. The second-order valence-electron chi connectivity index (χ2n) is 5.31. The van der Waals surface area contributed by atoms with Gasteiger partial charge in [0.2, 0.25) is 0 Å². The van der Waals surface area contributed by atoms with Gasteiger partial charge >= 0.3 is 0 Å². The van der Waals surface area contributed by atoms with Crippen molar-refractivity contribution in [3.05, 3.63) is 69.8 Å². The lowest BCUT2D eigenvalue weighted by atomic mass is 9.91. The number of rotatable bonds is 3. The third-order valence-electron chi connectivity index (χ3n) is 3.69. The van der Waals surface area contributed by atoms with E-state index in [0.717, 1.165) is 28.7 Å². The molecule has 1 unspecified atom stereocenters. The molecule has 0 spiro atoms. The summed E-state index contributed by atoms with van der Waals surface area (Å²) in [4.78, 5) is 0. The van der Waals surface area contributed by atoms with E-state index in [2.05, 4.69) is 52.0 Å². The van der Waals surface area contributed by atoms with Gasteiger partial charge in [-0.3, -0.25) is 0 Å². The van der Waals surface area contributed by atoms with Gasteiger partial charge in [-0.05, 0) is 55.0 Å². The molecule has 0 aromatic heterocycles. The summed E-state index contributed by atoms with van der Waals surface area (Å²) in [5.74, 6) is 0. The zero-order valence-corrected chi connectivity index (χ0v) is 12.2. The Kier molecular flexibility index (Phi) is 4.06. The van der Waals surface area contributed by atoms with E-state index in [-0.39, 0.29) is 0 Å².